The van der Waals surface area contributed by atoms with Crippen LogP contribution >= 0.6 is 0 Å². The molecule has 9 nitrogen and oxygen atoms in total. The molecule has 3 rings (SSSR count). The lowest BCUT2D eigenvalue weighted by Crippen LogP contribution is -2.08. The number of nitrogens with zero attached hydrogens (tertiary/aromatic N) is 4. The average Bonchev–Trinajstić information content (AvgIpc) is 3.15. The standard InChI is InChI=1S/C20H28N6O3/c1-7-8-21-18-16-19(26(11-22-16)12(2)3)25-20(24-18)23-13-9-14(27-4)17(29-6)15(10-13)28-5/h9-12H,7-8H2,1-6H3,(H2,21,23,24,25). The quantitative estimate of drug-likeness (QED) is 0.556. The van der Waals surface area contributed by atoms with Crippen LogP contribution in [0.2, 0.25) is 0 Å². The van der Waals surface area contributed by atoms with E-state index < -0.39 is 0 Å². The van der Waals surface area contributed by atoms with Crippen LogP contribution in [0.15, 0.2) is 18.5 Å². The van der Waals surface area contributed by atoms with Crippen molar-refractivity contribution in [2.45, 2.75) is 33.2 Å². The van der Waals surface area contributed by atoms with Gasteiger partial charge in [0, 0.05) is 30.4 Å². The summed E-state index contributed by atoms with van der Waals surface area (Å²) in [6, 6.07) is 3.85. The number of anilines is 3. The van der Waals surface area contributed by atoms with Gasteiger partial charge in [-0.15, -0.1) is 0 Å². The van der Waals surface area contributed by atoms with Crippen molar-refractivity contribution in [3.63, 3.8) is 0 Å². The Balaban J connectivity index is 2.06. The van der Waals surface area contributed by atoms with E-state index >= 15 is 0 Å². The number of nitrogens with one attached hydrogen (secondary N) is 2. The Morgan fingerprint density at radius 2 is 1.72 bits per heavy atom. The van der Waals surface area contributed by atoms with Crippen LogP contribution in [0.25, 0.3) is 11.2 Å². The minimum atomic E-state index is 0.225. The third kappa shape index (κ3) is 4.13. The van der Waals surface area contributed by atoms with Gasteiger partial charge in [-0.05, 0) is 20.3 Å². The van der Waals surface area contributed by atoms with Crippen molar-refractivity contribution >= 4 is 28.6 Å². The molecule has 0 aliphatic rings. The number of fused-ring (bicyclic) bond motifs is 1. The number of imidazole rings is 1. The molecule has 0 amide bonds. The molecule has 3 aromatic rings. The molecule has 0 aliphatic carbocycles. The van der Waals surface area contributed by atoms with E-state index in [1.54, 1.807) is 27.7 Å². The lowest BCUT2D eigenvalue weighted by atomic mass is 10.2. The highest BCUT2D eigenvalue weighted by molar-refractivity contribution is 5.85. The Bertz CT molecular complexity index is 961. The number of aromatic nitrogens is 4. The molecule has 0 aliphatic heterocycles. The highest BCUT2D eigenvalue weighted by Crippen LogP contribution is 2.40. The van der Waals surface area contributed by atoms with Gasteiger partial charge in [0.2, 0.25) is 11.7 Å². The van der Waals surface area contributed by atoms with Crippen LogP contribution in [0.1, 0.15) is 33.2 Å². The Morgan fingerprint density at radius 3 is 2.28 bits per heavy atom. The van der Waals surface area contributed by atoms with E-state index in [0.29, 0.717) is 29.0 Å². The summed E-state index contributed by atoms with van der Waals surface area (Å²) >= 11 is 0. The number of benzene rings is 1. The fourth-order valence-electron chi connectivity index (χ4n) is 3.00. The van der Waals surface area contributed by atoms with Gasteiger partial charge in [0.1, 0.15) is 0 Å². The SMILES string of the molecule is CCCNc1nc(Nc2cc(OC)c(OC)c(OC)c2)nc2c1ncn2C(C)C. The third-order valence-electron chi connectivity index (χ3n) is 4.44. The minimum absolute atomic E-state index is 0.225. The van der Waals surface area contributed by atoms with Gasteiger partial charge in [0.05, 0.1) is 27.7 Å². The van der Waals surface area contributed by atoms with Crippen molar-refractivity contribution < 1.29 is 14.2 Å². The molecule has 0 bridgehead atoms. The summed E-state index contributed by atoms with van der Waals surface area (Å²) < 4.78 is 18.3. The first-order valence-electron chi connectivity index (χ1n) is 9.57. The minimum Gasteiger partial charge on any atom is -0.493 e. The maximum Gasteiger partial charge on any atom is 0.231 e. The molecule has 2 aromatic heterocycles. The predicted octanol–water partition coefficient (Wildman–Crippen LogP) is 4.00. The highest BCUT2D eigenvalue weighted by Gasteiger charge is 2.17. The summed E-state index contributed by atoms with van der Waals surface area (Å²) in [5.74, 6) is 2.78. The Hall–Kier alpha value is -3.23. The van der Waals surface area contributed by atoms with E-state index in [1.807, 2.05) is 16.7 Å². The van der Waals surface area contributed by atoms with Crippen LogP contribution < -0.4 is 24.8 Å². The molecule has 29 heavy (non-hydrogen) atoms. The number of ether oxygens (including phenoxy) is 3. The molecule has 2 heterocycles. The zero-order chi connectivity index (χ0) is 21.0. The van der Waals surface area contributed by atoms with Gasteiger partial charge < -0.3 is 29.4 Å². The van der Waals surface area contributed by atoms with Crippen LogP contribution in [0, 0.1) is 0 Å². The summed E-state index contributed by atoms with van der Waals surface area (Å²) in [5, 5.41) is 6.59. The molecular weight excluding hydrogens is 372 g/mol. The van der Waals surface area contributed by atoms with E-state index in [2.05, 4.69) is 41.4 Å². The van der Waals surface area contributed by atoms with Gasteiger partial charge >= 0.3 is 0 Å². The maximum atomic E-state index is 5.43. The number of rotatable bonds is 9. The second-order valence-corrected chi connectivity index (χ2v) is 6.78. The normalized spacial score (nSPS) is 11.0. The van der Waals surface area contributed by atoms with Crippen LogP contribution in [-0.4, -0.2) is 47.4 Å². The zero-order valence-corrected chi connectivity index (χ0v) is 17.7. The maximum absolute atomic E-state index is 5.43. The van der Waals surface area contributed by atoms with E-state index in [1.165, 1.54) is 0 Å². The van der Waals surface area contributed by atoms with Crippen molar-refractivity contribution in [1.29, 1.82) is 0 Å². The molecule has 0 saturated carbocycles. The fourth-order valence-corrected chi connectivity index (χ4v) is 3.00. The van der Waals surface area contributed by atoms with Crippen molar-refractivity contribution in [3.8, 4) is 17.2 Å². The van der Waals surface area contributed by atoms with Crippen molar-refractivity contribution in [2.75, 3.05) is 38.5 Å². The zero-order valence-electron chi connectivity index (χ0n) is 17.7. The van der Waals surface area contributed by atoms with Gasteiger partial charge in [-0.25, -0.2) is 4.98 Å². The molecule has 2 N–H and O–H groups in total. The number of methoxy groups -OCH3 is 3. The Morgan fingerprint density at radius 1 is 1.03 bits per heavy atom. The van der Waals surface area contributed by atoms with Crippen LogP contribution in [0.4, 0.5) is 17.5 Å². The molecule has 1 aromatic carbocycles. The topological polar surface area (TPSA) is 95.4 Å². The van der Waals surface area contributed by atoms with E-state index in [9.17, 15) is 0 Å². The molecule has 0 fully saturated rings. The van der Waals surface area contributed by atoms with Gasteiger partial charge in [0.15, 0.2) is 28.5 Å². The first kappa shape index (κ1) is 20.5. The van der Waals surface area contributed by atoms with Crippen LogP contribution in [0.5, 0.6) is 17.2 Å². The summed E-state index contributed by atoms with van der Waals surface area (Å²) in [7, 11) is 4.73. The molecule has 0 radical (unpaired) electrons. The predicted molar refractivity (Wildman–Crippen MR) is 114 cm³/mol. The second-order valence-electron chi connectivity index (χ2n) is 6.78. The highest BCUT2D eigenvalue weighted by atomic mass is 16.5. The average molecular weight is 400 g/mol. The van der Waals surface area contributed by atoms with Crippen molar-refractivity contribution in [2.24, 2.45) is 0 Å². The van der Waals surface area contributed by atoms with Crippen LogP contribution in [-0.2, 0) is 0 Å². The van der Waals surface area contributed by atoms with E-state index in [0.717, 1.165) is 29.8 Å². The van der Waals surface area contributed by atoms with E-state index in [-0.39, 0.29) is 6.04 Å². The number of hydrogen-bond donors (Lipinski definition) is 2. The van der Waals surface area contributed by atoms with Gasteiger partial charge in [-0.3, -0.25) is 0 Å². The molecule has 0 unspecified atom stereocenters. The molecular formula is C20H28N6O3. The molecule has 0 saturated heterocycles. The number of hydrogen-bond acceptors (Lipinski definition) is 8. The molecule has 0 spiro atoms. The Kier molecular flexibility index (Phi) is 6.26. The lowest BCUT2D eigenvalue weighted by molar-refractivity contribution is 0.324. The summed E-state index contributed by atoms with van der Waals surface area (Å²) in [6.07, 6.45) is 2.77. The molecule has 0 atom stereocenters. The first-order chi connectivity index (χ1) is 14.0. The summed E-state index contributed by atoms with van der Waals surface area (Å²) in [5.41, 5.74) is 2.24. The van der Waals surface area contributed by atoms with Gasteiger partial charge in [-0.2, -0.15) is 9.97 Å². The lowest BCUT2D eigenvalue weighted by Gasteiger charge is -2.15. The largest absolute Gasteiger partial charge is 0.493 e. The van der Waals surface area contributed by atoms with Gasteiger partial charge in [0.25, 0.3) is 0 Å². The monoisotopic (exact) mass is 400 g/mol. The second kappa shape index (κ2) is 8.85. The van der Waals surface area contributed by atoms with Crippen molar-refractivity contribution in [3.05, 3.63) is 18.5 Å². The molecule has 9 heteroatoms. The smallest absolute Gasteiger partial charge is 0.231 e. The summed E-state index contributed by atoms with van der Waals surface area (Å²) in [6.45, 7) is 7.08. The Labute approximate surface area is 170 Å². The van der Waals surface area contributed by atoms with Crippen LogP contribution in [0.3, 0.4) is 0 Å². The van der Waals surface area contributed by atoms with Gasteiger partial charge in [-0.1, -0.05) is 6.92 Å². The molecule has 156 valence electrons. The fraction of sp³-hybridized carbons (Fsp3) is 0.450. The summed E-state index contributed by atoms with van der Waals surface area (Å²) in [4.78, 5) is 13.8. The third-order valence-corrected chi connectivity index (χ3v) is 4.44. The first-order valence-corrected chi connectivity index (χ1v) is 9.57. The van der Waals surface area contributed by atoms with E-state index in [4.69, 9.17) is 19.2 Å². The van der Waals surface area contributed by atoms with Crippen molar-refractivity contribution in [1.82, 2.24) is 19.5 Å².